The van der Waals surface area contributed by atoms with Crippen molar-refractivity contribution in [3.8, 4) is 0 Å². The Morgan fingerprint density at radius 2 is 2.23 bits per heavy atom. The van der Waals surface area contributed by atoms with E-state index in [4.69, 9.17) is 5.73 Å². The minimum Gasteiger partial charge on any atom is -0.368 e. The zero-order valence-electron chi connectivity index (χ0n) is 12.6. The summed E-state index contributed by atoms with van der Waals surface area (Å²) in [6.07, 6.45) is 8.16. The van der Waals surface area contributed by atoms with Gasteiger partial charge in [-0.1, -0.05) is 6.07 Å². The summed E-state index contributed by atoms with van der Waals surface area (Å²) in [5.41, 5.74) is 7.57. The molecule has 1 aliphatic heterocycles. The number of hydrogen-bond donors (Lipinski definition) is 1. The fourth-order valence-electron chi connectivity index (χ4n) is 3.16. The van der Waals surface area contributed by atoms with Gasteiger partial charge in [0.1, 0.15) is 5.54 Å². The number of primary amides is 1. The molecule has 1 unspecified atom stereocenters. The third-order valence-electron chi connectivity index (χ3n) is 4.36. The Morgan fingerprint density at radius 1 is 1.36 bits per heavy atom. The second-order valence-corrected chi connectivity index (χ2v) is 5.61. The zero-order valence-corrected chi connectivity index (χ0v) is 12.6. The van der Waals surface area contributed by atoms with Gasteiger partial charge >= 0.3 is 0 Å². The maximum absolute atomic E-state index is 12.3. The van der Waals surface area contributed by atoms with Crippen LogP contribution in [0.25, 0.3) is 0 Å². The second-order valence-electron chi connectivity index (χ2n) is 5.61. The van der Waals surface area contributed by atoms with Crippen molar-refractivity contribution in [3.63, 3.8) is 0 Å². The van der Waals surface area contributed by atoms with Crippen LogP contribution in [0.4, 0.5) is 0 Å². The van der Waals surface area contributed by atoms with Gasteiger partial charge < -0.3 is 5.73 Å². The number of rotatable bonds is 4. The minimum atomic E-state index is -0.891. The topological polar surface area (TPSA) is 85.0 Å². The predicted molar refractivity (Wildman–Crippen MR) is 81.5 cm³/mol. The Kier molecular flexibility index (Phi) is 3.85. The van der Waals surface area contributed by atoms with Crippen LogP contribution in [0, 0.1) is 6.92 Å². The molecule has 6 nitrogen and oxygen atoms in total. The van der Waals surface area contributed by atoms with Crippen LogP contribution in [0.15, 0.2) is 36.9 Å². The van der Waals surface area contributed by atoms with E-state index in [2.05, 4.69) is 19.9 Å². The molecule has 1 fully saturated rings. The second kappa shape index (κ2) is 5.81. The molecule has 3 rings (SSSR count). The third-order valence-corrected chi connectivity index (χ3v) is 4.36. The van der Waals surface area contributed by atoms with Crippen LogP contribution in [0.5, 0.6) is 0 Å². The van der Waals surface area contributed by atoms with Gasteiger partial charge in [0, 0.05) is 31.7 Å². The van der Waals surface area contributed by atoms with E-state index in [9.17, 15) is 4.79 Å². The van der Waals surface area contributed by atoms with Gasteiger partial charge in [-0.05, 0) is 31.4 Å². The summed E-state index contributed by atoms with van der Waals surface area (Å²) >= 11 is 0. The highest BCUT2D eigenvalue weighted by Crippen LogP contribution is 2.38. The lowest BCUT2D eigenvalue weighted by molar-refractivity contribution is -0.129. The van der Waals surface area contributed by atoms with Gasteiger partial charge in [-0.2, -0.15) is 0 Å². The molecular weight excluding hydrogens is 278 g/mol. The summed E-state index contributed by atoms with van der Waals surface area (Å²) in [7, 11) is 0. The summed E-state index contributed by atoms with van der Waals surface area (Å²) in [4.78, 5) is 27.3. The van der Waals surface area contributed by atoms with E-state index < -0.39 is 5.54 Å². The lowest BCUT2D eigenvalue weighted by Crippen LogP contribution is -2.51. The van der Waals surface area contributed by atoms with Crippen molar-refractivity contribution in [1.82, 2.24) is 19.9 Å². The standard InChI is InChI=1S/C16H19N5O/c1-12-4-2-6-19-13(12)11-21-9-3-5-16(21,15(17)22)14-10-18-7-8-20-14/h2,4,6-8,10H,3,5,9,11H2,1H3,(H2,17,22). The summed E-state index contributed by atoms with van der Waals surface area (Å²) in [5, 5.41) is 0. The highest BCUT2D eigenvalue weighted by molar-refractivity contribution is 5.86. The van der Waals surface area contributed by atoms with Crippen molar-refractivity contribution in [3.05, 3.63) is 53.9 Å². The van der Waals surface area contributed by atoms with Gasteiger partial charge in [-0.15, -0.1) is 0 Å². The summed E-state index contributed by atoms with van der Waals surface area (Å²) in [5.74, 6) is -0.376. The molecule has 114 valence electrons. The lowest BCUT2D eigenvalue weighted by atomic mass is 9.91. The number of nitrogens with two attached hydrogens (primary N) is 1. The molecular formula is C16H19N5O. The molecule has 1 aliphatic rings. The van der Waals surface area contributed by atoms with Crippen molar-refractivity contribution >= 4 is 5.91 Å². The third kappa shape index (κ3) is 2.35. The Bertz CT molecular complexity index is 675. The average Bonchev–Trinajstić information content (AvgIpc) is 2.95. The molecule has 1 atom stereocenters. The van der Waals surface area contributed by atoms with E-state index >= 15 is 0 Å². The average molecular weight is 297 g/mol. The van der Waals surface area contributed by atoms with Crippen LogP contribution in [0.3, 0.4) is 0 Å². The van der Waals surface area contributed by atoms with Crippen LogP contribution in [0.1, 0.15) is 29.8 Å². The molecule has 0 spiro atoms. The highest BCUT2D eigenvalue weighted by Gasteiger charge is 2.49. The van der Waals surface area contributed by atoms with Crippen LogP contribution in [-0.2, 0) is 16.9 Å². The Labute approximate surface area is 129 Å². The number of aryl methyl sites for hydroxylation is 1. The SMILES string of the molecule is Cc1cccnc1CN1CCCC1(C(N)=O)c1cnccn1. The minimum absolute atomic E-state index is 0.376. The fourth-order valence-corrected chi connectivity index (χ4v) is 3.16. The first-order valence-corrected chi connectivity index (χ1v) is 7.36. The van der Waals surface area contributed by atoms with E-state index in [1.165, 1.54) is 0 Å². The van der Waals surface area contributed by atoms with E-state index in [0.29, 0.717) is 18.7 Å². The number of nitrogens with zero attached hydrogens (tertiary/aromatic N) is 4. The van der Waals surface area contributed by atoms with Crippen molar-refractivity contribution in [1.29, 1.82) is 0 Å². The number of likely N-dealkylation sites (tertiary alicyclic amines) is 1. The van der Waals surface area contributed by atoms with Gasteiger partial charge in [0.15, 0.2) is 0 Å². The van der Waals surface area contributed by atoms with Crippen molar-refractivity contribution in [2.24, 2.45) is 5.73 Å². The molecule has 2 N–H and O–H groups in total. The molecule has 1 amide bonds. The first-order valence-electron chi connectivity index (χ1n) is 7.36. The Morgan fingerprint density at radius 3 is 2.91 bits per heavy atom. The van der Waals surface area contributed by atoms with Gasteiger partial charge in [-0.3, -0.25) is 24.6 Å². The molecule has 2 aromatic heterocycles. The molecule has 22 heavy (non-hydrogen) atoms. The molecule has 6 heteroatoms. The molecule has 0 aromatic carbocycles. The molecule has 2 aromatic rings. The maximum atomic E-state index is 12.3. The van der Waals surface area contributed by atoms with Gasteiger partial charge in [0.25, 0.3) is 0 Å². The number of aromatic nitrogens is 3. The molecule has 0 radical (unpaired) electrons. The Hall–Kier alpha value is -2.34. The quantitative estimate of drug-likeness (QED) is 0.915. The summed E-state index contributed by atoms with van der Waals surface area (Å²) < 4.78 is 0. The molecule has 0 bridgehead atoms. The van der Waals surface area contributed by atoms with Crippen LogP contribution in [-0.4, -0.2) is 32.3 Å². The number of carbonyl (C=O) groups excluding carboxylic acids is 1. The molecule has 1 saturated heterocycles. The van der Waals surface area contributed by atoms with Crippen molar-refractivity contribution < 1.29 is 4.79 Å². The largest absolute Gasteiger partial charge is 0.368 e. The molecule has 3 heterocycles. The number of hydrogen-bond acceptors (Lipinski definition) is 5. The first-order chi connectivity index (χ1) is 10.6. The highest BCUT2D eigenvalue weighted by atomic mass is 16.1. The van der Waals surface area contributed by atoms with Gasteiger partial charge in [-0.25, -0.2) is 0 Å². The predicted octanol–water partition coefficient (Wildman–Crippen LogP) is 1.16. The molecule has 0 aliphatic carbocycles. The smallest absolute Gasteiger partial charge is 0.244 e. The lowest BCUT2D eigenvalue weighted by Gasteiger charge is -2.35. The van der Waals surface area contributed by atoms with E-state index in [-0.39, 0.29) is 5.91 Å². The monoisotopic (exact) mass is 297 g/mol. The zero-order chi connectivity index (χ0) is 15.6. The van der Waals surface area contributed by atoms with E-state index in [1.54, 1.807) is 24.8 Å². The first kappa shape index (κ1) is 14.6. The van der Waals surface area contributed by atoms with Crippen LogP contribution < -0.4 is 5.73 Å². The maximum Gasteiger partial charge on any atom is 0.244 e. The van der Waals surface area contributed by atoms with Crippen LogP contribution in [0.2, 0.25) is 0 Å². The van der Waals surface area contributed by atoms with E-state index in [1.807, 2.05) is 19.1 Å². The number of amides is 1. The van der Waals surface area contributed by atoms with Crippen molar-refractivity contribution in [2.45, 2.75) is 31.8 Å². The Balaban J connectivity index is 1.99. The molecule has 0 saturated carbocycles. The van der Waals surface area contributed by atoms with Gasteiger partial charge in [0.2, 0.25) is 5.91 Å². The van der Waals surface area contributed by atoms with Crippen molar-refractivity contribution in [2.75, 3.05) is 6.54 Å². The van der Waals surface area contributed by atoms with E-state index in [0.717, 1.165) is 24.2 Å². The fraction of sp³-hybridized carbons (Fsp3) is 0.375. The van der Waals surface area contributed by atoms with Gasteiger partial charge in [0.05, 0.1) is 17.6 Å². The summed E-state index contributed by atoms with van der Waals surface area (Å²) in [6, 6.07) is 3.93. The number of pyridine rings is 1. The van der Waals surface area contributed by atoms with Crippen LogP contribution >= 0.6 is 0 Å². The normalized spacial score (nSPS) is 21.9. The summed E-state index contributed by atoms with van der Waals surface area (Å²) in [6.45, 7) is 3.38. The number of carbonyl (C=O) groups is 1.